The Labute approximate surface area is 165 Å². The van der Waals surface area contributed by atoms with Crippen LogP contribution in [0.3, 0.4) is 0 Å². The Morgan fingerprint density at radius 1 is 0.893 bits per heavy atom. The van der Waals surface area contributed by atoms with Gasteiger partial charge in [-0.15, -0.1) is 0 Å². The maximum atomic E-state index is 12.9. The SMILES string of the molecule is CCCn1c(SCc2nc3ccccc3c(=O)n2C)nc2ccccc2c1=O. The summed E-state index contributed by atoms with van der Waals surface area (Å²) in [6, 6.07) is 14.7. The maximum absolute atomic E-state index is 12.9. The van der Waals surface area contributed by atoms with Crippen LogP contribution in [0.4, 0.5) is 0 Å². The third-order valence-electron chi connectivity index (χ3n) is 4.68. The monoisotopic (exact) mass is 392 g/mol. The lowest BCUT2D eigenvalue weighted by atomic mass is 10.2. The first-order chi connectivity index (χ1) is 13.6. The highest BCUT2D eigenvalue weighted by molar-refractivity contribution is 7.98. The third-order valence-corrected chi connectivity index (χ3v) is 5.65. The molecule has 142 valence electrons. The van der Waals surface area contributed by atoms with Crippen molar-refractivity contribution >= 4 is 33.6 Å². The quantitative estimate of drug-likeness (QED) is 0.385. The summed E-state index contributed by atoms with van der Waals surface area (Å²) >= 11 is 1.43. The second-order valence-corrected chi connectivity index (χ2v) is 7.51. The van der Waals surface area contributed by atoms with Crippen molar-refractivity contribution in [3.05, 3.63) is 75.1 Å². The molecule has 0 N–H and O–H groups in total. The van der Waals surface area contributed by atoms with E-state index in [1.807, 2.05) is 43.3 Å². The van der Waals surface area contributed by atoms with Gasteiger partial charge in [0, 0.05) is 13.6 Å². The van der Waals surface area contributed by atoms with Gasteiger partial charge in [-0.3, -0.25) is 18.7 Å². The van der Waals surface area contributed by atoms with Crippen LogP contribution in [0.15, 0.2) is 63.3 Å². The van der Waals surface area contributed by atoms with Gasteiger partial charge in [0.05, 0.1) is 27.6 Å². The van der Waals surface area contributed by atoms with Gasteiger partial charge in [-0.1, -0.05) is 43.0 Å². The molecule has 0 unspecified atom stereocenters. The molecule has 2 heterocycles. The highest BCUT2D eigenvalue weighted by atomic mass is 32.2. The highest BCUT2D eigenvalue weighted by Crippen LogP contribution is 2.22. The molecule has 0 bridgehead atoms. The van der Waals surface area contributed by atoms with Gasteiger partial charge in [-0.05, 0) is 30.7 Å². The average molecular weight is 392 g/mol. The summed E-state index contributed by atoms with van der Waals surface area (Å²) in [5.74, 6) is 1.10. The molecule has 0 atom stereocenters. The molecule has 0 aliphatic rings. The smallest absolute Gasteiger partial charge is 0.262 e. The van der Waals surface area contributed by atoms with Crippen molar-refractivity contribution in [1.29, 1.82) is 0 Å². The Hall–Kier alpha value is -2.93. The molecule has 0 radical (unpaired) electrons. The van der Waals surface area contributed by atoms with E-state index in [0.29, 0.717) is 45.1 Å². The molecule has 4 rings (SSSR count). The van der Waals surface area contributed by atoms with E-state index in [1.165, 1.54) is 11.8 Å². The zero-order valence-corrected chi connectivity index (χ0v) is 16.6. The first-order valence-corrected chi connectivity index (χ1v) is 10.2. The van der Waals surface area contributed by atoms with Crippen LogP contribution in [0.5, 0.6) is 0 Å². The minimum absolute atomic E-state index is 0.0321. The van der Waals surface area contributed by atoms with Crippen LogP contribution in [0.2, 0.25) is 0 Å². The predicted molar refractivity (Wildman–Crippen MR) is 113 cm³/mol. The summed E-state index contributed by atoms with van der Waals surface area (Å²) in [5.41, 5.74) is 1.26. The number of benzene rings is 2. The van der Waals surface area contributed by atoms with Crippen LogP contribution < -0.4 is 11.1 Å². The van der Waals surface area contributed by atoms with Crippen LogP contribution in [0.1, 0.15) is 19.2 Å². The van der Waals surface area contributed by atoms with E-state index in [9.17, 15) is 9.59 Å². The molecular weight excluding hydrogens is 372 g/mol. The van der Waals surface area contributed by atoms with Crippen molar-refractivity contribution in [3.8, 4) is 0 Å². The molecule has 2 aromatic carbocycles. The molecule has 7 heteroatoms. The van der Waals surface area contributed by atoms with Crippen molar-refractivity contribution in [2.45, 2.75) is 30.8 Å². The van der Waals surface area contributed by atoms with E-state index in [1.54, 1.807) is 28.3 Å². The van der Waals surface area contributed by atoms with Crippen LogP contribution in [0.25, 0.3) is 21.8 Å². The van der Waals surface area contributed by atoms with Gasteiger partial charge in [-0.2, -0.15) is 0 Å². The standard InChI is InChI=1S/C21H20N4O2S/c1-3-12-25-20(27)15-9-5-7-11-17(15)23-21(25)28-13-18-22-16-10-6-4-8-14(16)19(26)24(18)2/h4-11H,3,12-13H2,1-2H3. The second-order valence-electron chi connectivity index (χ2n) is 6.57. The fourth-order valence-corrected chi connectivity index (χ4v) is 4.21. The molecule has 6 nitrogen and oxygen atoms in total. The zero-order valence-electron chi connectivity index (χ0n) is 15.8. The van der Waals surface area contributed by atoms with Crippen molar-refractivity contribution in [1.82, 2.24) is 19.1 Å². The number of thioether (sulfide) groups is 1. The van der Waals surface area contributed by atoms with Crippen molar-refractivity contribution < 1.29 is 0 Å². The molecule has 4 aromatic rings. The minimum Gasteiger partial charge on any atom is -0.299 e. The van der Waals surface area contributed by atoms with Crippen LogP contribution in [0, 0.1) is 0 Å². The lowest BCUT2D eigenvalue weighted by Crippen LogP contribution is -2.24. The maximum Gasteiger partial charge on any atom is 0.262 e. The molecule has 0 amide bonds. The predicted octanol–water partition coefficient (Wildman–Crippen LogP) is 3.35. The second kappa shape index (κ2) is 7.59. The summed E-state index contributed by atoms with van der Waals surface area (Å²) in [5, 5.41) is 1.87. The largest absolute Gasteiger partial charge is 0.299 e. The summed E-state index contributed by atoms with van der Waals surface area (Å²) in [6.45, 7) is 2.63. The number of fused-ring (bicyclic) bond motifs is 2. The molecule has 0 aliphatic carbocycles. The fourth-order valence-electron chi connectivity index (χ4n) is 3.20. The summed E-state index contributed by atoms with van der Waals surface area (Å²) in [7, 11) is 1.73. The molecule has 0 saturated heterocycles. The van der Waals surface area contributed by atoms with Crippen molar-refractivity contribution in [2.24, 2.45) is 7.05 Å². The Kier molecular flexibility index (Phi) is 5.00. The van der Waals surface area contributed by atoms with E-state index >= 15 is 0 Å². The minimum atomic E-state index is -0.0707. The Bertz CT molecular complexity index is 1290. The fraction of sp³-hybridized carbons (Fsp3) is 0.238. The van der Waals surface area contributed by atoms with E-state index < -0.39 is 0 Å². The van der Waals surface area contributed by atoms with Gasteiger partial charge in [0.15, 0.2) is 5.16 Å². The Morgan fingerprint density at radius 3 is 2.18 bits per heavy atom. The highest BCUT2D eigenvalue weighted by Gasteiger charge is 2.13. The lowest BCUT2D eigenvalue weighted by molar-refractivity contribution is 0.584. The summed E-state index contributed by atoms with van der Waals surface area (Å²) < 4.78 is 3.28. The molecule has 2 aromatic heterocycles. The van der Waals surface area contributed by atoms with E-state index in [-0.39, 0.29) is 11.1 Å². The van der Waals surface area contributed by atoms with E-state index in [0.717, 1.165) is 6.42 Å². The first-order valence-electron chi connectivity index (χ1n) is 9.17. The molecule has 0 saturated carbocycles. The third kappa shape index (κ3) is 3.22. The van der Waals surface area contributed by atoms with Gasteiger partial charge < -0.3 is 0 Å². The average Bonchev–Trinajstić information content (AvgIpc) is 2.72. The number of hydrogen-bond acceptors (Lipinski definition) is 5. The topological polar surface area (TPSA) is 69.8 Å². The summed E-state index contributed by atoms with van der Waals surface area (Å²) in [6.07, 6.45) is 0.834. The van der Waals surface area contributed by atoms with Gasteiger partial charge in [0.2, 0.25) is 0 Å². The Morgan fingerprint density at radius 2 is 1.50 bits per heavy atom. The summed E-state index contributed by atoms with van der Waals surface area (Å²) in [4.78, 5) is 34.8. The molecular formula is C21H20N4O2S. The lowest BCUT2D eigenvalue weighted by Gasteiger charge is -2.13. The Balaban J connectivity index is 1.76. The van der Waals surface area contributed by atoms with E-state index in [2.05, 4.69) is 4.98 Å². The number of rotatable bonds is 5. The van der Waals surface area contributed by atoms with Crippen molar-refractivity contribution in [2.75, 3.05) is 0 Å². The number of hydrogen-bond donors (Lipinski definition) is 0. The van der Waals surface area contributed by atoms with Gasteiger partial charge in [0.25, 0.3) is 11.1 Å². The number of aromatic nitrogens is 4. The molecule has 0 spiro atoms. The van der Waals surface area contributed by atoms with Crippen LogP contribution >= 0.6 is 11.8 Å². The molecule has 0 fully saturated rings. The number of para-hydroxylation sites is 2. The van der Waals surface area contributed by atoms with Gasteiger partial charge >= 0.3 is 0 Å². The van der Waals surface area contributed by atoms with E-state index in [4.69, 9.17) is 4.98 Å². The van der Waals surface area contributed by atoms with Crippen molar-refractivity contribution in [3.63, 3.8) is 0 Å². The zero-order chi connectivity index (χ0) is 19.7. The van der Waals surface area contributed by atoms with Gasteiger partial charge in [0.1, 0.15) is 5.82 Å². The first kappa shape index (κ1) is 18.4. The normalized spacial score (nSPS) is 11.4. The molecule has 0 aliphatic heterocycles. The number of nitrogens with zero attached hydrogens (tertiary/aromatic N) is 4. The molecule has 28 heavy (non-hydrogen) atoms. The van der Waals surface area contributed by atoms with Gasteiger partial charge in [-0.25, -0.2) is 9.97 Å². The van der Waals surface area contributed by atoms with Crippen LogP contribution in [-0.2, 0) is 19.3 Å². The van der Waals surface area contributed by atoms with Crippen LogP contribution in [-0.4, -0.2) is 19.1 Å².